The van der Waals surface area contributed by atoms with E-state index < -0.39 is 81.4 Å². The summed E-state index contributed by atoms with van der Waals surface area (Å²) in [6.45, 7) is 11.0. The summed E-state index contributed by atoms with van der Waals surface area (Å²) in [4.78, 5) is 70.0. The second-order valence-electron chi connectivity index (χ2n) is 18.5. The molecule has 4 atom stereocenters. The Bertz CT molecular complexity index is 2470. The SMILES string of the molecule is C=C1CCCCC=CCCC(C)(C(=O)NS(=O)(=O)C2CC2)NC(=O)C2CC(Oc3cc(-c4nc(C(C)C)cs4)nc4c(C)c(OC)ccc34)CN2C(=O)C1CC(=O)N1CCCC(F)(F)C1. The van der Waals surface area contributed by atoms with Crippen LogP contribution in [0.15, 0.2) is 47.9 Å². The Morgan fingerprint density at radius 3 is 2.52 bits per heavy atom. The number of alkyl halides is 2. The third kappa shape index (κ3) is 11.0. The van der Waals surface area contributed by atoms with Gasteiger partial charge in [-0.15, -0.1) is 11.3 Å². The second kappa shape index (κ2) is 19.5. The van der Waals surface area contributed by atoms with E-state index in [1.807, 2.05) is 30.5 Å². The number of hydrogen-bond acceptors (Lipinski definition) is 11. The number of nitrogens with one attached hydrogen (secondary N) is 2. The van der Waals surface area contributed by atoms with Crippen molar-refractivity contribution in [1.82, 2.24) is 29.8 Å². The van der Waals surface area contributed by atoms with E-state index in [-0.39, 0.29) is 44.7 Å². The van der Waals surface area contributed by atoms with Crippen LogP contribution in [-0.4, -0.2) is 107 Å². The number of likely N-dealkylation sites (tertiary alicyclic amines) is 1. The number of sulfonamides is 1. The first-order chi connectivity index (χ1) is 30.8. The molecular formula is C47H60F2N6O8S2. The molecule has 2 aromatic heterocycles. The van der Waals surface area contributed by atoms with Crippen LogP contribution < -0.4 is 19.5 Å². The van der Waals surface area contributed by atoms with E-state index in [1.54, 1.807) is 19.2 Å². The molecule has 2 saturated heterocycles. The number of carbonyl (C=O) groups excluding carboxylic acids is 4. The molecule has 3 aliphatic heterocycles. The van der Waals surface area contributed by atoms with E-state index in [4.69, 9.17) is 19.4 Å². The first-order valence-corrected chi connectivity index (χ1v) is 25.0. The molecule has 1 aliphatic carbocycles. The molecule has 2 N–H and O–H groups in total. The number of benzene rings is 1. The van der Waals surface area contributed by atoms with Crippen molar-refractivity contribution in [3.63, 3.8) is 0 Å². The van der Waals surface area contributed by atoms with Crippen LogP contribution in [-0.2, 0) is 29.2 Å². The van der Waals surface area contributed by atoms with Crippen molar-refractivity contribution in [2.75, 3.05) is 26.7 Å². The first-order valence-electron chi connectivity index (χ1n) is 22.6. The van der Waals surface area contributed by atoms with Gasteiger partial charge in [-0.1, -0.05) is 38.2 Å². The summed E-state index contributed by atoms with van der Waals surface area (Å²) >= 11 is 1.45. The van der Waals surface area contributed by atoms with Gasteiger partial charge in [-0.25, -0.2) is 27.2 Å². The van der Waals surface area contributed by atoms with Crippen molar-refractivity contribution >= 4 is 55.9 Å². The molecule has 18 heteroatoms. The number of piperidine rings is 1. The fourth-order valence-corrected chi connectivity index (χ4v) is 11.2. The highest BCUT2D eigenvalue weighted by atomic mass is 32.2. The Kier molecular flexibility index (Phi) is 14.4. The highest BCUT2D eigenvalue weighted by Crippen LogP contribution is 2.39. The third-order valence-corrected chi connectivity index (χ3v) is 15.7. The molecule has 4 amide bonds. The Hall–Kier alpha value is -4.97. The number of hydrogen-bond donors (Lipinski definition) is 2. The van der Waals surface area contributed by atoms with Crippen molar-refractivity contribution in [3.8, 4) is 22.2 Å². The third-order valence-electron chi connectivity index (χ3n) is 13.0. The van der Waals surface area contributed by atoms with Crippen LogP contribution in [0.25, 0.3) is 21.6 Å². The summed E-state index contributed by atoms with van der Waals surface area (Å²) in [7, 11) is -2.42. The lowest BCUT2D eigenvalue weighted by Crippen LogP contribution is -2.61. The van der Waals surface area contributed by atoms with Crippen LogP contribution in [0.1, 0.15) is 115 Å². The molecule has 7 rings (SSSR count). The van der Waals surface area contributed by atoms with Gasteiger partial charge in [0.1, 0.15) is 39.9 Å². The second-order valence-corrected chi connectivity index (χ2v) is 21.3. The summed E-state index contributed by atoms with van der Waals surface area (Å²) in [6.07, 6.45) is 5.96. The zero-order chi connectivity index (χ0) is 46.8. The lowest BCUT2D eigenvalue weighted by atomic mass is 9.89. The molecule has 352 valence electrons. The van der Waals surface area contributed by atoms with Gasteiger partial charge in [0.15, 0.2) is 0 Å². The van der Waals surface area contributed by atoms with Crippen LogP contribution in [0.3, 0.4) is 0 Å². The summed E-state index contributed by atoms with van der Waals surface area (Å²) in [5.74, 6) is -5.83. The minimum absolute atomic E-state index is 0.0515. The normalized spacial score (nSPS) is 24.8. The molecule has 3 fully saturated rings. The predicted molar refractivity (Wildman–Crippen MR) is 244 cm³/mol. The maximum absolute atomic E-state index is 15.1. The number of methoxy groups -OCH3 is 1. The molecule has 5 heterocycles. The van der Waals surface area contributed by atoms with Gasteiger partial charge in [-0.2, -0.15) is 0 Å². The standard InChI is InChI=1S/C47H60F2N6O8S2/c1-28(2)36-26-64-43(51-36)35-24-39(33-17-18-38(62-6)30(4)41(33)50-35)63-31-22-37-42(57)52-46(5,45(59)53-65(60,61)32-15-16-32)19-12-10-8-7-9-11-14-29(3)34(44(58)55(37)25-31)23-40(56)54-21-13-20-47(48,49)27-54/h8,10,17-18,24,26,28,31-32,34,37H,3,7,9,11-16,19-23,25,27H2,1-2,4-6H3,(H,52,57)(H,53,59). The van der Waals surface area contributed by atoms with Gasteiger partial charge in [0.25, 0.3) is 11.8 Å². The van der Waals surface area contributed by atoms with E-state index in [2.05, 4.69) is 30.5 Å². The van der Waals surface area contributed by atoms with Crippen LogP contribution in [0.2, 0.25) is 0 Å². The smallest absolute Gasteiger partial charge is 0.265 e. The predicted octanol–water partition coefficient (Wildman–Crippen LogP) is 7.36. The number of aromatic nitrogens is 2. The maximum atomic E-state index is 15.1. The molecular weight excluding hydrogens is 879 g/mol. The van der Waals surface area contributed by atoms with Gasteiger partial charge in [0, 0.05) is 48.2 Å². The van der Waals surface area contributed by atoms with Crippen molar-refractivity contribution in [2.45, 2.75) is 140 Å². The lowest BCUT2D eigenvalue weighted by Gasteiger charge is -2.35. The number of carbonyl (C=O) groups is 4. The highest BCUT2D eigenvalue weighted by Gasteiger charge is 2.48. The largest absolute Gasteiger partial charge is 0.496 e. The van der Waals surface area contributed by atoms with Crippen LogP contribution in [0, 0.1) is 12.8 Å². The van der Waals surface area contributed by atoms with Gasteiger partial charge >= 0.3 is 0 Å². The van der Waals surface area contributed by atoms with Crippen LogP contribution >= 0.6 is 11.3 Å². The number of ether oxygens (including phenoxy) is 2. The van der Waals surface area contributed by atoms with E-state index >= 15 is 4.79 Å². The number of pyridine rings is 1. The summed E-state index contributed by atoms with van der Waals surface area (Å²) in [5, 5.41) is 5.45. The average Bonchev–Trinajstić information content (AvgIpc) is 3.86. The van der Waals surface area contributed by atoms with Gasteiger partial charge in [-0.05, 0) is 89.7 Å². The van der Waals surface area contributed by atoms with Gasteiger partial charge in [0.05, 0.1) is 42.6 Å². The lowest BCUT2D eigenvalue weighted by molar-refractivity contribution is -0.147. The number of thiazole rings is 1. The van der Waals surface area contributed by atoms with Crippen molar-refractivity contribution in [2.24, 2.45) is 5.92 Å². The van der Waals surface area contributed by atoms with Crippen molar-refractivity contribution in [1.29, 1.82) is 0 Å². The Morgan fingerprint density at radius 2 is 1.83 bits per heavy atom. The van der Waals surface area contributed by atoms with E-state index in [0.717, 1.165) is 16.2 Å². The number of halogens is 2. The first kappa shape index (κ1) is 48.0. The Morgan fingerprint density at radius 1 is 1.08 bits per heavy atom. The summed E-state index contributed by atoms with van der Waals surface area (Å²) in [5.41, 5.74) is 1.54. The van der Waals surface area contributed by atoms with Gasteiger partial charge in [-0.3, -0.25) is 23.9 Å². The zero-order valence-electron chi connectivity index (χ0n) is 37.8. The van der Waals surface area contributed by atoms with E-state index in [0.29, 0.717) is 83.6 Å². The quantitative estimate of drug-likeness (QED) is 0.195. The number of aryl methyl sites for hydroxylation is 1. The highest BCUT2D eigenvalue weighted by molar-refractivity contribution is 7.91. The number of amides is 4. The fraction of sp³-hybridized carbons (Fsp3) is 0.574. The van der Waals surface area contributed by atoms with Gasteiger partial charge < -0.3 is 24.6 Å². The fourth-order valence-electron chi connectivity index (χ4n) is 8.81. The van der Waals surface area contributed by atoms with E-state index in [9.17, 15) is 31.6 Å². The maximum Gasteiger partial charge on any atom is 0.265 e. The number of rotatable bonds is 10. The average molecular weight is 939 g/mol. The molecule has 65 heavy (non-hydrogen) atoms. The van der Waals surface area contributed by atoms with E-state index in [1.165, 1.54) is 23.2 Å². The number of nitrogens with zero attached hydrogens (tertiary/aromatic N) is 4. The van der Waals surface area contributed by atoms with Crippen molar-refractivity contribution in [3.05, 3.63) is 59.1 Å². The monoisotopic (exact) mass is 938 g/mol. The minimum atomic E-state index is -3.99. The number of fused-ring (bicyclic) bond motifs is 2. The van der Waals surface area contributed by atoms with Crippen LogP contribution in [0.4, 0.5) is 8.78 Å². The summed E-state index contributed by atoms with van der Waals surface area (Å²) in [6, 6.07) is 4.16. The number of allylic oxidation sites excluding steroid dienone is 2. The molecule has 0 spiro atoms. The van der Waals surface area contributed by atoms with Crippen molar-refractivity contribution < 1.29 is 45.9 Å². The topological polar surface area (TPSA) is 177 Å². The van der Waals surface area contributed by atoms with Gasteiger partial charge in [0.2, 0.25) is 27.7 Å². The zero-order valence-corrected chi connectivity index (χ0v) is 39.4. The Labute approximate surface area is 383 Å². The molecule has 1 saturated carbocycles. The molecule has 4 aliphatic rings. The minimum Gasteiger partial charge on any atom is -0.496 e. The molecule has 14 nitrogen and oxygen atoms in total. The molecule has 0 radical (unpaired) electrons. The molecule has 3 aromatic rings. The molecule has 1 aromatic carbocycles. The molecule has 0 bridgehead atoms. The summed E-state index contributed by atoms with van der Waals surface area (Å²) < 4.78 is 69.8. The molecule has 4 unspecified atom stereocenters. The Balaban J connectivity index is 1.27. The van der Waals surface area contributed by atoms with Crippen LogP contribution in [0.5, 0.6) is 11.5 Å².